The molecule has 29 heavy (non-hydrogen) atoms. The van der Waals surface area contributed by atoms with E-state index in [0.717, 1.165) is 29.7 Å². The van der Waals surface area contributed by atoms with E-state index in [0.29, 0.717) is 17.5 Å². The normalized spacial score (nSPS) is 14.8. The van der Waals surface area contributed by atoms with Crippen LogP contribution in [-0.4, -0.2) is 47.9 Å². The summed E-state index contributed by atoms with van der Waals surface area (Å²) in [5, 5.41) is 0.398. The molecule has 0 N–H and O–H groups in total. The molecule has 0 aliphatic heterocycles. The molecule has 2 aromatic rings. The van der Waals surface area contributed by atoms with E-state index >= 15 is 0 Å². The number of nitrogens with zero attached hydrogens (tertiary/aromatic N) is 2. The molecule has 1 saturated carbocycles. The van der Waals surface area contributed by atoms with Crippen LogP contribution in [0.1, 0.15) is 33.6 Å². The molecule has 0 radical (unpaired) electrons. The zero-order valence-electron chi connectivity index (χ0n) is 17.5. The number of hydrogen-bond acceptors (Lipinski definition) is 5. The first-order valence-electron chi connectivity index (χ1n) is 9.53. The molecule has 7 heteroatoms. The van der Waals surface area contributed by atoms with Gasteiger partial charge in [0.05, 0.1) is 18.8 Å². The van der Waals surface area contributed by atoms with Crippen LogP contribution in [0.25, 0.3) is 11.1 Å². The van der Waals surface area contributed by atoms with Gasteiger partial charge in [-0.05, 0) is 57.4 Å². The lowest BCUT2D eigenvalue weighted by molar-refractivity contribution is 0.0139. The fourth-order valence-electron chi connectivity index (χ4n) is 2.94. The monoisotopic (exact) mass is 418 g/mol. The highest BCUT2D eigenvalue weighted by Gasteiger charge is 2.50. The van der Waals surface area contributed by atoms with E-state index in [1.165, 1.54) is 0 Å². The summed E-state index contributed by atoms with van der Waals surface area (Å²) >= 11 is 6.29. The van der Waals surface area contributed by atoms with Crippen molar-refractivity contribution < 1.29 is 19.0 Å². The molecule has 0 saturated heterocycles. The largest absolute Gasteiger partial charge is 0.497 e. The van der Waals surface area contributed by atoms with Gasteiger partial charge in [-0.15, -0.1) is 0 Å². The van der Waals surface area contributed by atoms with Gasteiger partial charge in [-0.25, -0.2) is 9.78 Å². The number of methoxy groups -OCH3 is 1. The predicted octanol–water partition coefficient (Wildman–Crippen LogP) is 5.19. The molecule has 1 heterocycles. The molecule has 6 nitrogen and oxygen atoms in total. The molecule has 156 valence electrons. The lowest BCUT2D eigenvalue weighted by Crippen LogP contribution is -2.45. The van der Waals surface area contributed by atoms with E-state index in [9.17, 15) is 4.79 Å². The third kappa shape index (κ3) is 5.12. The Morgan fingerprint density at radius 2 is 1.86 bits per heavy atom. The van der Waals surface area contributed by atoms with Crippen LogP contribution in [0.3, 0.4) is 0 Å². The van der Waals surface area contributed by atoms with Crippen LogP contribution in [-0.2, 0) is 4.74 Å². The Balaban J connectivity index is 1.70. The van der Waals surface area contributed by atoms with Crippen LogP contribution in [0, 0.1) is 0 Å². The van der Waals surface area contributed by atoms with Gasteiger partial charge in [0.25, 0.3) is 0 Å². The molecule has 1 amide bonds. The number of carbonyl (C=O) groups excluding carboxylic acids is 1. The molecule has 0 spiro atoms. The van der Waals surface area contributed by atoms with Crippen molar-refractivity contribution in [2.24, 2.45) is 0 Å². The number of likely N-dealkylation sites (N-methyl/N-ethyl adjacent to an activating group) is 1. The smallest absolute Gasteiger partial charge is 0.410 e. The van der Waals surface area contributed by atoms with Crippen molar-refractivity contribution in [3.8, 4) is 22.6 Å². The van der Waals surface area contributed by atoms with E-state index in [2.05, 4.69) is 4.98 Å². The van der Waals surface area contributed by atoms with Gasteiger partial charge in [0.1, 0.15) is 28.9 Å². The number of hydrogen-bond donors (Lipinski definition) is 0. The van der Waals surface area contributed by atoms with Crippen LogP contribution in [0.5, 0.6) is 11.5 Å². The summed E-state index contributed by atoms with van der Waals surface area (Å²) in [6.45, 7) is 5.94. The van der Waals surface area contributed by atoms with Crippen molar-refractivity contribution in [1.82, 2.24) is 9.88 Å². The average molecular weight is 419 g/mol. The summed E-state index contributed by atoms with van der Waals surface area (Å²) in [5.41, 5.74) is 0.815. The summed E-state index contributed by atoms with van der Waals surface area (Å²) in [6.07, 6.45) is 3.00. The minimum Gasteiger partial charge on any atom is -0.497 e. The maximum absolute atomic E-state index is 12.4. The second-order valence-corrected chi connectivity index (χ2v) is 8.65. The number of rotatable bonds is 6. The first-order chi connectivity index (χ1) is 13.6. The fraction of sp³-hybridized carbons (Fsp3) is 0.455. The SMILES string of the molecule is COc1ccc(-c2cc(OCC3(N(C)C(=O)OC(C)(C)C)CC3)cnc2Cl)cc1. The molecule has 1 aliphatic rings. The summed E-state index contributed by atoms with van der Waals surface area (Å²) in [6, 6.07) is 9.44. The highest BCUT2D eigenvalue weighted by Crippen LogP contribution is 2.42. The van der Waals surface area contributed by atoms with Gasteiger partial charge >= 0.3 is 6.09 Å². The molecular formula is C22H27ClN2O4. The Morgan fingerprint density at radius 1 is 1.21 bits per heavy atom. The van der Waals surface area contributed by atoms with Crippen LogP contribution in [0.2, 0.25) is 5.15 Å². The van der Waals surface area contributed by atoms with E-state index in [1.807, 2.05) is 51.1 Å². The zero-order valence-corrected chi connectivity index (χ0v) is 18.2. The number of pyridine rings is 1. The Bertz CT molecular complexity index is 873. The molecule has 1 aromatic carbocycles. The molecule has 0 bridgehead atoms. The Labute approximate surface area is 176 Å². The summed E-state index contributed by atoms with van der Waals surface area (Å²) in [5.74, 6) is 1.37. The molecule has 3 rings (SSSR count). The highest BCUT2D eigenvalue weighted by molar-refractivity contribution is 6.32. The van der Waals surface area contributed by atoms with Crippen molar-refractivity contribution in [3.05, 3.63) is 41.7 Å². The maximum Gasteiger partial charge on any atom is 0.410 e. The molecule has 1 aromatic heterocycles. The van der Waals surface area contributed by atoms with Gasteiger partial charge in [0.2, 0.25) is 0 Å². The first kappa shape index (κ1) is 21.2. The quantitative estimate of drug-likeness (QED) is 0.604. The van der Waals surface area contributed by atoms with Gasteiger partial charge in [-0.1, -0.05) is 23.7 Å². The topological polar surface area (TPSA) is 60.9 Å². The lowest BCUT2D eigenvalue weighted by Gasteiger charge is -2.30. The third-order valence-corrected chi connectivity index (χ3v) is 5.23. The molecule has 1 aliphatic carbocycles. The van der Waals surface area contributed by atoms with Crippen LogP contribution >= 0.6 is 11.6 Å². The number of ether oxygens (including phenoxy) is 3. The molecule has 0 unspecified atom stereocenters. The minimum atomic E-state index is -0.532. The summed E-state index contributed by atoms with van der Waals surface area (Å²) < 4.78 is 16.7. The van der Waals surface area contributed by atoms with Gasteiger partial charge in [-0.3, -0.25) is 0 Å². The predicted molar refractivity (Wildman–Crippen MR) is 113 cm³/mol. The summed E-state index contributed by atoms with van der Waals surface area (Å²) in [4.78, 5) is 18.3. The van der Waals surface area contributed by atoms with Gasteiger partial charge in [0.15, 0.2) is 0 Å². The minimum absolute atomic E-state index is 0.341. The molecular weight excluding hydrogens is 392 g/mol. The number of carbonyl (C=O) groups is 1. The van der Waals surface area contributed by atoms with E-state index in [-0.39, 0.29) is 11.6 Å². The third-order valence-electron chi connectivity index (χ3n) is 4.93. The highest BCUT2D eigenvalue weighted by atomic mass is 35.5. The molecule has 0 atom stereocenters. The maximum atomic E-state index is 12.4. The molecule has 1 fully saturated rings. The van der Waals surface area contributed by atoms with Crippen LogP contribution in [0.4, 0.5) is 4.79 Å². The standard InChI is InChI=1S/C22H27ClN2O4/c1-21(2,3)29-20(26)25(4)22(10-11-22)14-28-17-12-18(19(23)24-13-17)15-6-8-16(27-5)9-7-15/h6-9,12-13H,10-11,14H2,1-5H3. The lowest BCUT2D eigenvalue weighted by atomic mass is 10.1. The van der Waals surface area contributed by atoms with E-state index in [4.69, 9.17) is 25.8 Å². The van der Waals surface area contributed by atoms with Gasteiger partial charge in [-0.2, -0.15) is 0 Å². The van der Waals surface area contributed by atoms with Gasteiger partial charge in [0, 0.05) is 12.6 Å². The number of halogens is 1. The van der Waals surface area contributed by atoms with Crippen molar-refractivity contribution in [2.45, 2.75) is 44.8 Å². The second kappa shape index (κ2) is 8.11. The van der Waals surface area contributed by atoms with Crippen LogP contribution in [0.15, 0.2) is 36.5 Å². The van der Waals surface area contributed by atoms with E-state index in [1.54, 1.807) is 25.3 Å². The number of amides is 1. The van der Waals surface area contributed by atoms with Crippen LogP contribution < -0.4 is 9.47 Å². The van der Waals surface area contributed by atoms with Crippen molar-refractivity contribution >= 4 is 17.7 Å². The zero-order chi connectivity index (χ0) is 21.2. The fourth-order valence-corrected chi connectivity index (χ4v) is 3.16. The van der Waals surface area contributed by atoms with Crippen molar-refractivity contribution in [2.75, 3.05) is 20.8 Å². The average Bonchev–Trinajstić information content (AvgIpc) is 3.46. The van der Waals surface area contributed by atoms with Crippen molar-refractivity contribution in [1.29, 1.82) is 0 Å². The Kier molecular flexibility index (Phi) is 5.94. The van der Waals surface area contributed by atoms with Gasteiger partial charge < -0.3 is 19.1 Å². The summed E-state index contributed by atoms with van der Waals surface area (Å²) in [7, 11) is 3.38. The number of benzene rings is 1. The van der Waals surface area contributed by atoms with E-state index < -0.39 is 5.60 Å². The van der Waals surface area contributed by atoms with Crippen molar-refractivity contribution in [3.63, 3.8) is 0 Å². The number of aromatic nitrogens is 1. The second-order valence-electron chi connectivity index (χ2n) is 8.29. The first-order valence-corrected chi connectivity index (χ1v) is 9.91. The Morgan fingerprint density at radius 3 is 2.41 bits per heavy atom. The Hall–Kier alpha value is -2.47.